The van der Waals surface area contributed by atoms with Crippen molar-refractivity contribution in [2.45, 2.75) is 6.54 Å². The molecule has 0 radical (unpaired) electrons. The van der Waals surface area contributed by atoms with Gasteiger partial charge in [-0.25, -0.2) is 0 Å². The smallest absolute Gasteiger partial charge is 0.257 e. The highest BCUT2D eigenvalue weighted by Crippen LogP contribution is 2.27. The van der Waals surface area contributed by atoms with E-state index >= 15 is 0 Å². The van der Waals surface area contributed by atoms with Gasteiger partial charge in [0, 0.05) is 15.6 Å². The Morgan fingerprint density at radius 3 is 2.45 bits per heavy atom. The Balaban J connectivity index is 1.56. The zero-order chi connectivity index (χ0) is 20.8. The molecule has 2 N–H and O–H groups in total. The minimum absolute atomic E-state index is 0.200. The molecule has 3 rings (SSSR count). The van der Waals surface area contributed by atoms with Crippen LogP contribution in [0.4, 0.5) is 0 Å². The molecular formula is C21H19BrN2O4S. The molecule has 29 heavy (non-hydrogen) atoms. The van der Waals surface area contributed by atoms with Crippen LogP contribution in [-0.2, 0) is 6.54 Å². The number of carbonyl (C=O) groups excluding carboxylic acids is 1. The highest BCUT2D eigenvalue weighted by atomic mass is 79.9. The maximum atomic E-state index is 12.4. The number of hydrogen-bond donors (Lipinski definition) is 2. The number of nitrogens with one attached hydrogen (secondary N) is 2. The van der Waals surface area contributed by atoms with E-state index < -0.39 is 0 Å². The van der Waals surface area contributed by atoms with Gasteiger partial charge in [0.2, 0.25) is 0 Å². The topological polar surface area (TPSA) is 72.7 Å². The van der Waals surface area contributed by atoms with Crippen molar-refractivity contribution in [2.24, 2.45) is 0 Å². The van der Waals surface area contributed by atoms with Gasteiger partial charge in [-0.1, -0.05) is 28.1 Å². The molecule has 0 saturated heterocycles. The highest BCUT2D eigenvalue weighted by molar-refractivity contribution is 9.10. The fourth-order valence-corrected chi connectivity index (χ4v) is 3.04. The van der Waals surface area contributed by atoms with Crippen LogP contribution in [0.25, 0.3) is 11.3 Å². The molecule has 2 aromatic carbocycles. The Labute approximate surface area is 182 Å². The second-order valence-corrected chi connectivity index (χ2v) is 7.30. The van der Waals surface area contributed by atoms with Gasteiger partial charge < -0.3 is 19.2 Å². The van der Waals surface area contributed by atoms with Gasteiger partial charge >= 0.3 is 0 Å². The van der Waals surface area contributed by atoms with Crippen molar-refractivity contribution in [3.63, 3.8) is 0 Å². The third kappa shape index (κ3) is 5.36. The van der Waals surface area contributed by atoms with Crippen molar-refractivity contribution < 1.29 is 18.7 Å². The van der Waals surface area contributed by atoms with Gasteiger partial charge in [-0.2, -0.15) is 0 Å². The molecule has 150 valence electrons. The average molecular weight is 475 g/mol. The number of hydrogen-bond acceptors (Lipinski definition) is 5. The second-order valence-electron chi connectivity index (χ2n) is 5.98. The van der Waals surface area contributed by atoms with Crippen molar-refractivity contribution >= 4 is 39.2 Å². The lowest BCUT2D eigenvalue weighted by Crippen LogP contribution is -2.38. The van der Waals surface area contributed by atoms with E-state index in [1.54, 1.807) is 18.2 Å². The molecule has 0 aliphatic carbocycles. The molecule has 0 fully saturated rings. The molecule has 6 nitrogen and oxygen atoms in total. The van der Waals surface area contributed by atoms with Gasteiger partial charge in [0.25, 0.3) is 5.91 Å². The fourth-order valence-electron chi connectivity index (χ4n) is 2.61. The zero-order valence-corrected chi connectivity index (χ0v) is 18.2. The first kappa shape index (κ1) is 20.9. The molecule has 1 heterocycles. The molecule has 0 atom stereocenters. The second kappa shape index (κ2) is 9.58. The number of benzene rings is 2. The predicted molar refractivity (Wildman–Crippen MR) is 118 cm³/mol. The van der Waals surface area contributed by atoms with E-state index in [-0.39, 0.29) is 11.0 Å². The lowest BCUT2D eigenvalue weighted by atomic mass is 10.2. The first-order chi connectivity index (χ1) is 14.0. The third-order valence-corrected chi connectivity index (χ3v) is 4.86. The summed E-state index contributed by atoms with van der Waals surface area (Å²) in [6, 6.07) is 16.5. The van der Waals surface area contributed by atoms with Crippen LogP contribution >= 0.6 is 28.1 Å². The van der Waals surface area contributed by atoms with Crippen molar-refractivity contribution in [2.75, 3.05) is 14.2 Å². The highest BCUT2D eigenvalue weighted by Gasteiger charge is 2.12. The van der Waals surface area contributed by atoms with Crippen molar-refractivity contribution in [1.29, 1.82) is 0 Å². The Morgan fingerprint density at radius 2 is 1.76 bits per heavy atom. The first-order valence-electron chi connectivity index (χ1n) is 8.66. The summed E-state index contributed by atoms with van der Waals surface area (Å²) in [5.41, 5.74) is 1.38. The Morgan fingerprint density at radius 1 is 1.03 bits per heavy atom. The Bertz CT molecular complexity index is 1020. The molecule has 0 spiro atoms. The summed E-state index contributed by atoms with van der Waals surface area (Å²) in [6.07, 6.45) is 0. The molecule has 1 aromatic heterocycles. The molecule has 0 bridgehead atoms. The monoisotopic (exact) mass is 474 g/mol. The number of halogens is 1. The van der Waals surface area contributed by atoms with Gasteiger partial charge in [0.15, 0.2) is 16.6 Å². The van der Waals surface area contributed by atoms with Crippen LogP contribution in [0.1, 0.15) is 16.1 Å². The first-order valence-corrected chi connectivity index (χ1v) is 9.86. The summed E-state index contributed by atoms with van der Waals surface area (Å²) >= 11 is 8.62. The minimum atomic E-state index is -0.349. The maximum Gasteiger partial charge on any atom is 0.257 e. The van der Waals surface area contributed by atoms with Crippen LogP contribution in [0, 0.1) is 0 Å². The lowest BCUT2D eigenvalue weighted by Gasteiger charge is -2.11. The minimum Gasteiger partial charge on any atom is -0.493 e. The Kier molecular flexibility index (Phi) is 6.90. The van der Waals surface area contributed by atoms with E-state index in [1.165, 1.54) is 14.2 Å². The zero-order valence-electron chi connectivity index (χ0n) is 15.8. The summed E-state index contributed by atoms with van der Waals surface area (Å²) in [7, 11) is 3.05. The molecule has 0 aliphatic rings. The normalized spacial score (nSPS) is 10.3. The summed E-state index contributed by atoms with van der Waals surface area (Å²) in [6.45, 7) is 0.349. The van der Waals surface area contributed by atoms with Crippen LogP contribution in [0.15, 0.2) is 63.5 Å². The van der Waals surface area contributed by atoms with E-state index in [2.05, 4.69) is 26.6 Å². The third-order valence-electron chi connectivity index (χ3n) is 4.09. The number of carbonyl (C=O) groups is 1. The lowest BCUT2D eigenvalue weighted by molar-refractivity contribution is 0.0976. The van der Waals surface area contributed by atoms with Crippen LogP contribution in [0.2, 0.25) is 0 Å². The largest absolute Gasteiger partial charge is 0.493 e. The average Bonchev–Trinajstić information content (AvgIpc) is 3.21. The summed E-state index contributed by atoms with van der Waals surface area (Å²) in [4.78, 5) is 12.4. The molecule has 8 heteroatoms. The van der Waals surface area contributed by atoms with Crippen LogP contribution in [0.3, 0.4) is 0 Å². The summed E-state index contributed by atoms with van der Waals surface area (Å²) in [5, 5.41) is 5.81. The molecule has 0 unspecified atom stereocenters. The Hall–Kier alpha value is -2.84. The predicted octanol–water partition coefficient (Wildman–Crippen LogP) is 4.53. The quantitative estimate of drug-likeness (QED) is 0.511. The van der Waals surface area contributed by atoms with Gasteiger partial charge in [-0.15, -0.1) is 0 Å². The summed E-state index contributed by atoms with van der Waals surface area (Å²) in [5.74, 6) is 2.12. The van der Waals surface area contributed by atoms with Crippen LogP contribution < -0.4 is 20.1 Å². The maximum absolute atomic E-state index is 12.4. The molecular weight excluding hydrogens is 456 g/mol. The van der Waals surface area contributed by atoms with Crippen molar-refractivity contribution in [1.82, 2.24) is 10.6 Å². The van der Waals surface area contributed by atoms with E-state index in [4.69, 9.17) is 26.1 Å². The molecule has 0 aliphatic heterocycles. The molecule has 0 saturated carbocycles. The number of thiocarbonyl (C=S) groups is 1. The van der Waals surface area contributed by atoms with E-state index in [9.17, 15) is 4.79 Å². The van der Waals surface area contributed by atoms with Crippen molar-refractivity contribution in [3.8, 4) is 22.8 Å². The van der Waals surface area contributed by atoms with Gasteiger partial charge in [0.1, 0.15) is 11.5 Å². The van der Waals surface area contributed by atoms with Gasteiger partial charge in [-0.3, -0.25) is 10.1 Å². The number of furan rings is 1. The van der Waals surface area contributed by atoms with E-state index in [1.807, 2.05) is 36.4 Å². The molecule has 1 amide bonds. The summed E-state index contributed by atoms with van der Waals surface area (Å²) < 4.78 is 17.2. The van der Waals surface area contributed by atoms with E-state index in [0.29, 0.717) is 29.4 Å². The number of ether oxygens (including phenoxy) is 2. The fraction of sp³-hybridized carbons (Fsp3) is 0.143. The number of amides is 1. The van der Waals surface area contributed by atoms with Gasteiger partial charge in [0.05, 0.1) is 20.8 Å². The number of rotatable bonds is 6. The standard InChI is InChI=1S/C21H19BrN2O4S/c1-26-18-9-5-14(11-19(18)27-2)20(25)24-21(29)23-12-16-8-10-17(28-16)13-3-6-15(22)7-4-13/h3-11H,12H2,1-2H3,(H2,23,24,25,29). The van der Waals surface area contributed by atoms with Crippen molar-refractivity contribution in [3.05, 3.63) is 70.4 Å². The van der Waals surface area contributed by atoms with Gasteiger partial charge in [-0.05, 0) is 54.7 Å². The van der Waals surface area contributed by atoms with Crippen LogP contribution in [0.5, 0.6) is 11.5 Å². The molecule has 3 aromatic rings. The van der Waals surface area contributed by atoms with Crippen LogP contribution in [-0.4, -0.2) is 25.2 Å². The number of methoxy groups -OCH3 is 2. The van der Waals surface area contributed by atoms with E-state index in [0.717, 1.165) is 15.8 Å². The SMILES string of the molecule is COc1ccc(C(=O)NC(=S)NCc2ccc(-c3ccc(Br)cc3)o2)cc1OC.